The first kappa shape index (κ1) is 23.1. The van der Waals surface area contributed by atoms with E-state index in [1.54, 1.807) is 0 Å². The summed E-state index contributed by atoms with van der Waals surface area (Å²) < 4.78 is 6.53. The molecule has 0 bridgehead atoms. The number of benzene rings is 1. The second-order valence-electron chi connectivity index (χ2n) is 11.0. The zero-order chi connectivity index (χ0) is 20.7. The van der Waals surface area contributed by atoms with Gasteiger partial charge in [-0.1, -0.05) is 82.2 Å². The summed E-state index contributed by atoms with van der Waals surface area (Å²) in [5.41, 5.74) is 6.01. The lowest BCUT2D eigenvalue weighted by molar-refractivity contribution is 0.195. The zero-order valence-electron chi connectivity index (χ0n) is 19.8. The van der Waals surface area contributed by atoms with Crippen molar-refractivity contribution in [3.8, 4) is 5.75 Å². The minimum Gasteiger partial charge on any atom is -0.490 e. The summed E-state index contributed by atoms with van der Waals surface area (Å²) in [6.45, 7) is 30.0. The molecule has 0 N–H and O–H groups in total. The Morgan fingerprint density at radius 3 is 1.69 bits per heavy atom. The number of hydrogen-bond donors (Lipinski definition) is 0. The molecule has 1 aromatic carbocycles. The average molecular weight is 361 g/mol. The van der Waals surface area contributed by atoms with E-state index in [2.05, 4.69) is 96.1 Å². The third-order valence-corrected chi connectivity index (χ3v) is 6.05. The molecule has 1 rings (SSSR count). The lowest BCUT2D eigenvalue weighted by Gasteiger charge is -2.44. The molecule has 0 fully saturated rings. The fourth-order valence-corrected chi connectivity index (χ4v) is 3.59. The van der Waals surface area contributed by atoms with E-state index in [-0.39, 0.29) is 22.3 Å². The van der Waals surface area contributed by atoms with Crippen molar-refractivity contribution in [3.05, 3.63) is 28.3 Å². The van der Waals surface area contributed by atoms with E-state index in [9.17, 15) is 0 Å². The van der Waals surface area contributed by atoms with Crippen LogP contribution in [0.5, 0.6) is 5.75 Å². The molecule has 0 aliphatic rings. The smallest absolute Gasteiger partial charge is 0.127 e. The lowest BCUT2D eigenvalue weighted by Crippen LogP contribution is -2.37. The predicted octanol–water partition coefficient (Wildman–Crippen LogP) is 7.78. The third kappa shape index (κ3) is 4.46. The topological polar surface area (TPSA) is 9.23 Å². The van der Waals surface area contributed by atoms with Crippen LogP contribution in [-0.4, -0.2) is 6.10 Å². The highest BCUT2D eigenvalue weighted by Gasteiger charge is 2.41. The van der Waals surface area contributed by atoms with Crippen LogP contribution in [0.1, 0.15) is 118 Å². The first-order valence-corrected chi connectivity index (χ1v) is 10.4. The highest BCUT2D eigenvalue weighted by atomic mass is 16.5. The molecular formula is C25H44O. The molecule has 1 heteroatoms. The highest BCUT2D eigenvalue weighted by Crippen LogP contribution is 2.51. The van der Waals surface area contributed by atoms with Gasteiger partial charge in [-0.25, -0.2) is 0 Å². The third-order valence-electron chi connectivity index (χ3n) is 6.05. The second kappa shape index (κ2) is 7.56. The van der Waals surface area contributed by atoms with Gasteiger partial charge in [0, 0.05) is 5.56 Å². The molecule has 0 unspecified atom stereocenters. The van der Waals surface area contributed by atoms with Crippen LogP contribution >= 0.6 is 0 Å². The maximum atomic E-state index is 6.53. The molecule has 0 aliphatic heterocycles. The number of hydrogen-bond acceptors (Lipinski definition) is 1. The van der Waals surface area contributed by atoms with Crippen molar-refractivity contribution in [1.29, 1.82) is 0 Å². The Bertz CT molecular complexity index is 619. The summed E-state index contributed by atoms with van der Waals surface area (Å²) in [6, 6.07) is 2.43. The van der Waals surface area contributed by atoms with Gasteiger partial charge in [0.25, 0.3) is 0 Å². The van der Waals surface area contributed by atoms with E-state index < -0.39 is 0 Å². The Balaban J connectivity index is 4.11. The maximum absolute atomic E-state index is 6.53. The standard InChI is InChI=1S/C25H44O/c1-14-18-20(23(6,7)8)15-19(16(2)3)22(26-17(4)5)21(18)25(12,13)24(9,10)11/h15-17H,14H2,1-13H3. The van der Waals surface area contributed by atoms with Crippen LogP contribution in [0, 0.1) is 5.41 Å². The van der Waals surface area contributed by atoms with Crippen LogP contribution in [0.25, 0.3) is 0 Å². The molecule has 0 saturated heterocycles. The second-order valence-corrected chi connectivity index (χ2v) is 11.0. The largest absolute Gasteiger partial charge is 0.490 e. The van der Waals surface area contributed by atoms with E-state index in [4.69, 9.17) is 4.74 Å². The summed E-state index contributed by atoms with van der Waals surface area (Å²) in [4.78, 5) is 0. The lowest BCUT2D eigenvalue weighted by atomic mass is 9.62. The van der Waals surface area contributed by atoms with Crippen molar-refractivity contribution in [1.82, 2.24) is 0 Å². The Morgan fingerprint density at radius 2 is 1.38 bits per heavy atom. The molecule has 1 nitrogen and oxygen atoms in total. The summed E-state index contributed by atoms with van der Waals surface area (Å²) >= 11 is 0. The van der Waals surface area contributed by atoms with Gasteiger partial charge >= 0.3 is 0 Å². The molecule has 150 valence electrons. The van der Waals surface area contributed by atoms with Crippen molar-refractivity contribution in [2.75, 3.05) is 0 Å². The van der Waals surface area contributed by atoms with Crippen LogP contribution in [0.4, 0.5) is 0 Å². The molecule has 1 aromatic rings. The molecule has 0 atom stereocenters. The van der Waals surface area contributed by atoms with Crippen LogP contribution in [0.2, 0.25) is 0 Å². The Morgan fingerprint density at radius 1 is 0.885 bits per heavy atom. The summed E-state index contributed by atoms with van der Waals surface area (Å²) in [5, 5.41) is 0. The highest BCUT2D eigenvalue weighted by molar-refractivity contribution is 5.57. The van der Waals surface area contributed by atoms with Gasteiger partial charge in [0.15, 0.2) is 0 Å². The van der Waals surface area contributed by atoms with E-state index in [0.29, 0.717) is 5.92 Å². The van der Waals surface area contributed by atoms with Crippen molar-refractivity contribution in [3.63, 3.8) is 0 Å². The van der Waals surface area contributed by atoms with Gasteiger partial charge in [0.1, 0.15) is 5.75 Å². The van der Waals surface area contributed by atoms with Crippen LogP contribution in [-0.2, 0) is 17.3 Å². The van der Waals surface area contributed by atoms with Gasteiger partial charge in [0.2, 0.25) is 0 Å². The van der Waals surface area contributed by atoms with Gasteiger partial charge in [0.05, 0.1) is 6.10 Å². The fourth-order valence-electron chi connectivity index (χ4n) is 3.59. The molecule has 0 radical (unpaired) electrons. The molecular weight excluding hydrogens is 316 g/mol. The van der Waals surface area contributed by atoms with Gasteiger partial charge in [-0.3, -0.25) is 0 Å². The molecule has 0 saturated carbocycles. The molecule has 0 spiro atoms. The van der Waals surface area contributed by atoms with E-state index >= 15 is 0 Å². The van der Waals surface area contributed by atoms with Crippen molar-refractivity contribution in [2.45, 2.75) is 119 Å². The SMILES string of the molecule is CCc1c(C(C)(C)C)cc(C(C)C)c(OC(C)C)c1C(C)(C)C(C)(C)C. The average Bonchev–Trinajstić information content (AvgIpc) is 2.42. The van der Waals surface area contributed by atoms with Gasteiger partial charge in [-0.15, -0.1) is 0 Å². The normalized spacial score (nSPS) is 13.7. The van der Waals surface area contributed by atoms with Crippen LogP contribution < -0.4 is 4.74 Å². The minimum absolute atomic E-state index is 0.00741. The van der Waals surface area contributed by atoms with E-state index in [0.717, 1.165) is 12.2 Å². The molecule has 0 aliphatic carbocycles. The van der Waals surface area contributed by atoms with Crippen LogP contribution in [0.15, 0.2) is 6.07 Å². The Hall–Kier alpha value is -0.980. The van der Waals surface area contributed by atoms with Gasteiger partial charge < -0.3 is 4.74 Å². The number of ether oxygens (including phenoxy) is 1. The van der Waals surface area contributed by atoms with Crippen molar-refractivity contribution >= 4 is 0 Å². The maximum Gasteiger partial charge on any atom is 0.127 e. The van der Waals surface area contributed by atoms with Crippen LogP contribution in [0.3, 0.4) is 0 Å². The van der Waals surface area contributed by atoms with Crippen molar-refractivity contribution < 1.29 is 4.74 Å². The van der Waals surface area contributed by atoms with Gasteiger partial charge in [-0.2, -0.15) is 0 Å². The molecule has 0 amide bonds. The summed E-state index contributed by atoms with van der Waals surface area (Å²) in [5.74, 6) is 1.57. The van der Waals surface area contributed by atoms with Crippen molar-refractivity contribution in [2.24, 2.45) is 5.41 Å². The Labute approximate surface area is 163 Å². The number of rotatable bonds is 5. The molecule has 26 heavy (non-hydrogen) atoms. The summed E-state index contributed by atoms with van der Waals surface area (Å²) in [7, 11) is 0. The molecule has 0 aromatic heterocycles. The molecule has 0 heterocycles. The monoisotopic (exact) mass is 360 g/mol. The van der Waals surface area contributed by atoms with E-state index in [1.165, 1.54) is 22.3 Å². The first-order chi connectivity index (χ1) is 11.6. The predicted molar refractivity (Wildman–Crippen MR) is 117 cm³/mol. The van der Waals surface area contributed by atoms with E-state index in [1.807, 2.05) is 0 Å². The first-order valence-electron chi connectivity index (χ1n) is 10.4. The minimum atomic E-state index is 0.00741. The quantitative estimate of drug-likeness (QED) is 0.521. The van der Waals surface area contributed by atoms with Gasteiger partial charge in [-0.05, 0) is 59.1 Å². The fraction of sp³-hybridized carbons (Fsp3) is 0.760. The Kier molecular flexibility index (Phi) is 6.71. The summed E-state index contributed by atoms with van der Waals surface area (Å²) in [6.07, 6.45) is 1.21. The zero-order valence-corrected chi connectivity index (χ0v) is 19.8.